The first kappa shape index (κ1) is 14.8. The quantitative estimate of drug-likeness (QED) is 0.723. The van der Waals surface area contributed by atoms with Gasteiger partial charge in [-0.25, -0.2) is 0 Å². The Balaban J connectivity index is 1.76. The fraction of sp³-hybridized carbons (Fsp3) is 0.667. The monoisotopic (exact) mass is 314 g/mol. The predicted molar refractivity (Wildman–Crippen MR) is 76.7 cm³/mol. The molecule has 5 radical (unpaired) electrons. The van der Waals surface area contributed by atoms with Crippen molar-refractivity contribution in [2.75, 3.05) is 20.7 Å². The van der Waals surface area contributed by atoms with E-state index < -0.39 is 0 Å². The van der Waals surface area contributed by atoms with Crippen molar-refractivity contribution in [1.29, 1.82) is 0 Å². The minimum absolute atomic E-state index is 0.518. The summed E-state index contributed by atoms with van der Waals surface area (Å²) in [6, 6.07) is 0.518. The van der Waals surface area contributed by atoms with E-state index >= 15 is 0 Å². The minimum atomic E-state index is 0.518. The van der Waals surface area contributed by atoms with Crippen LogP contribution in [0.25, 0.3) is 0 Å². The average molecular weight is 313 g/mol. The third-order valence-electron chi connectivity index (χ3n) is 3.73. The van der Waals surface area contributed by atoms with E-state index in [1.54, 1.807) is 4.82 Å². The van der Waals surface area contributed by atoms with Crippen LogP contribution in [-0.2, 0) is 4.74 Å². The van der Waals surface area contributed by atoms with E-state index in [2.05, 4.69) is 45.2 Å². The molecule has 2 atom stereocenters. The van der Waals surface area contributed by atoms with Crippen molar-refractivity contribution in [1.82, 2.24) is 4.90 Å². The summed E-state index contributed by atoms with van der Waals surface area (Å²) < 4.78 is 5.83. The zero-order chi connectivity index (χ0) is 13.0. The molecule has 0 spiro atoms. The Labute approximate surface area is 119 Å². The summed E-state index contributed by atoms with van der Waals surface area (Å²) in [5, 5.41) is 1.24. The molecule has 0 bridgehead atoms. The van der Waals surface area contributed by atoms with Crippen LogP contribution in [0.1, 0.15) is 26.2 Å². The maximum atomic E-state index is 5.83. The van der Waals surface area contributed by atoms with Crippen LogP contribution in [-0.4, -0.2) is 52.7 Å². The van der Waals surface area contributed by atoms with E-state index in [9.17, 15) is 0 Å². The van der Waals surface area contributed by atoms with Gasteiger partial charge in [-0.1, -0.05) is 0 Å². The Morgan fingerprint density at radius 2 is 2.22 bits per heavy atom. The Morgan fingerprint density at radius 3 is 2.89 bits per heavy atom. The Morgan fingerprint density at radius 1 is 1.39 bits per heavy atom. The molecule has 1 aliphatic carbocycles. The molecular weight excluding hydrogens is 289 g/mol. The van der Waals surface area contributed by atoms with Crippen LogP contribution in [0.3, 0.4) is 0 Å². The molecule has 0 aromatic rings. The standard InChI is InChI=1S/C15H24NOSe/c1-12(16(2)3)14-8-6-9-15(14)18-11-13-7-4-5-10-17-13/h6,8-9,12-13H,4-5,7,10-11H2,1-3H3/t12-,13-/m1/s1. The molecule has 1 aliphatic heterocycles. The van der Waals surface area contributed by atoms with Gasteiger partial charge in [-0.3, -0.25) is 0 Å². The Bertz CT molecular complexity index is 241. The first-order valence-electron chi connectivity index (χ1n) is 6.85. The van der Waals surface area contributed by atoms with Crippen LogP contribution in [0.5, 0.6) is 0 Å². The molecule has 1 saturated carbocycles. The average Bonchev–Trinajstić information content (AvgIpc) is 2.84. The van der Waals surface area contributed by atoms with Crippen molar-refractivity contribution in [3.63, 3.8) is 0 Å². The predicted octanol–water partition coefficient (Wildman–Crippen LogP) is 2.36. The molecule has 101 valence electrons. The molecule has 0 aromatic carbocycles. The molecule has 1 heterocycles. The summed E-state index contributed by atoms with van der Waals surface area (Å²) in [6.45, 7) is 3.26. The molecule has 0 aromatic heterocycles. The fourth-order valence-corrected chi connectivity index (χ4v) is 4.83. The first-order chi connectivity index (χ1) is 8.68. The molecular formula is C15H24NOSe. The summed E-state index contributed by atoms with van der Waals surface area (Å²) in [6.07, 6.45) is 11.2. The molecule has 1 saturated heterocycles. The summed E-state index contributed by atoms with van der Waals surface area (Å²) in [4.78, 5) is 3.85. The molecule has 0 N–H and O–H groups in total. The summed E-state index contributed by atoms with van der Waals surface area (Å²) >= 11 is 0.561. The number of hydrogen-bond acceptors (Lipinski definition) is 2. The van der Waals surface area contributed by atoms with Gasteiger partial charge in [0.25, 0.3) is 0 Å². The summed E-state index contributed by atoms with van der Waals surface area (Å²) in [5.74, 6) is 1.51. The van der Waals surface area contributed by atoms with Gasteiger partial charge in [0.05, 0.1) is 0 Å². The van der Waals surface area contributed by atoms with Crippen molar-refractivity contribution >= 4 is 15.0 Å². The molecule has 0 unspecified atom stereocenters. The van der Waals surface area contributed by atoms with Gasteiger partial charge in [0.1, 0.15) is 0 Å². The van der Waals surface area contributed by atoms with E-state index in [1.165, 1.54) is 30.5 Å². The number of rotatable bonds is 5. The second kappa shape index (κ2) is 7.28. The van der Waals surface area contributed by atoms with Gasteiger partial charge in [-0.2, -0.15) is 0 Å². The third kappa shape index (κ3) is 3.96. The zero-order valence-corrected chi connectivity index (χ0v) is 13.4. The van der Waals surface area contributed by atoms with Crippen molar-refractivity contribution in [3.05, 3.63) is 30.0 Å². The van der Waals surface area contributed by atoms with Crippen LogP contribution in [0.15, 0.2) is 0 Å². The Kier molecular flexibility index (Phi) is 6.00. The van der Waals surface area contributed by atoms with Gasteiger partial charge in [0.2, 0.25) is 0 Å². The second-order valence-electron chi connectivity index (χ2n) is 5.28. The molecule has 2 nitrogen and oxygen atoms in total. The summed E-state index contributed by atoms with van der Waals surface area (Å²) in [7, 11) is 4.30. The summed E-state index contributed by atoms with van der Waals surface area (Å²) in [5.41, 5.74) is 0. The van der Waals surface area contributed by atoms with Gasteiger partial charge in [-0.05, 0) is 0 Å². The SMILES string of the molecule is C[C@H]([C]1[CH][CH][CH][C]1[Se]C[C@H]1CCCCO1)N(C)C. The van der Waals surface area contributed by atoms with Crippen LogP contribution >= 0.6 is 0 Å². The van der Waals surface area contributed by atoms with Crippen molar-refractivity contribution < 1.29 is 4.74 Å². The second-order valence-corrected chi connectivity index (χ2v) is 7.51. The van der Waals surface area contributed by atoms with Crippen molar-refractivity contribution in [3.8, 4) is 0 Å². The Hall–Kier alpha value is 0.439. The fourth-order valence-electron chi connectivity index (χ4n) is 2.29. The van der Waals surface area contributed by atoms with Gasteiger partial charge in [0.15, 0.2) is 0 Å². The first-order valence-corrected chi connectivity index (χ1v) is 8.91. The maximum absolute atomic E-state index is 5.83. The number of nitrogens with zero attached hydrogens (tertiary/aromatic N) is 1. The molecule has 2 aliphatic rings. The normalized spacial score (nSPS) is 29.0. The molecule has 2 rings (SSSR count). The molecule has 2 fully saturated rings. The number of hydrogen-bond donors (Lipinski definition) is 0. The zero-order valence-electron chi connectivity index (χ0n) is 11.7. The number of ether oxygens (including phenoxy) is 1. The van der Waals surface area contributed by atoms with Crippen molar-refractivity contribution in [2.45, 2.75) is 43.7 Å². The van der Waals surface area contributed by atoms with E-state index in [-0.39, 0.29) is 0 Å². The van der Waals surface area contributed by atoms with E-state index in [4.69, 9.17) is 4.74 Å². The van der Waals surface area contributed by atoms with Crippen LogP contribution < -0.4 is 0 Å². The van der Waals surface area contributed by atoms with E-state index in [0.717, 1.165) is 6.61 Å². The van der Waals surface area contributed by atoms with Crippen LogP contribution in [0.2, 0.25) is 5.32 Å². The topological polar surface area (TPSA) is 12.5 Å². The van der Waals surface area contributed by atoms with Crippen molar-refractivity contribution in [2.24, 2.45) is 0 Å². The molecule has 3 heteroatoms. The molecule has 0 amide bonds. The van der Waals surface area contributed by atoms with Crippen LogP contribution in [0, 0.1) is 30.0 Å². The third-order valence-corrected chi connectivity index (χ3v) is 6.29. The van der Waals surface area contributed by atoms with Gasteiger partial charge in [-0.15, -0.1) is 0 Å². The molecule has 18 heavy (non-hydrogen) atoms. The van der Waals surface area contributed by atoms with Crippen LogP contribution in [0.4, 0.5) is 0 Å². The van der Waals surface area contributed by atoms with Gasteiger partial charge < -0.3 is 0 Å². The van der Waals surface area contributed by atoms with Gasteiger partial charge >= 0.3 is 119 Å². The van der Waals surface area contributed by atoms with E-state index in [0.29, 0.717) is 27.1 Å². The van der Waals surface area contributed by atoms with E-state index in [1.807, 2.05) is 0 Å². The van der Waals surface area contributed by atoms with Gasteiger partial charge in [0, 0.05) is 0 Å².